The Kier molecular flexibility index (Phi) is 5.54. The highest BCUT2D eigenvalue weighted by Gasteiger charge is 2.16. The van der Waals surface area contributed by atoms with E-state index >= 15 is 0 Å². The zero-order valence-corrected chi connectivity index (χ0v) is 19.4. The van der Waals surface area contributed by atoms with E-state index in [1.54, 1.807) is 22.1 Å². The molecule has 0 radical (unpaired) electrons. The summed E-state index contributed by atoms with van der Waals surface area (Å²) < 4.78 is 1.73. The molecule has 0 aromatic carbocycles. The maximum atomic E-state index is 13.3. The van der Waals surface area contributed by atoms with Gasteiger partial charge in [-0.2, -0.15) is 0 Å². The fourth-order valence-corrected chi connectivity index (χ4v) is 4.19. The summed E-state index contributed by atoms with van der Waals surface area (Å²) in [5.74, 6) is 0.997. The SMILES string of the molecule is Cc1nc(-c2cc(C)n(-c3ccnc(-c4nc(C(C)C)ncc4C)c3)c(=O)c2C)cs1. The van der Waals surface area contributed by atoms with Crippen molar-refractivity contribution in [1.29, 1.82) is 0 Å². The first-order valence-electron chi connectivity index (χ1n) is 10.2. The first kappa shape index (κ1) is 21.1. The molecule has 0 fully saturated rings. The van der Waals surface area contributed by atoms with Gasteiger partial charge in [-0.3, -0.25) is 14.3 Å². The molecule has 158 valence electrons. The summed E-state index contributed by atoms with van der Waals surface area (Å²) in [6.45, 7) is 11.9. The van der Waals surface area contributed by atoms with Gasteiger partial charge >= 0.3 is 0 Å². The number of nitrogens with zero attached hydrogens (tertiary/aromatic N) is 5. The van der Waals surface area contributed by atoms with Crippen molar-refractivity contribution in [3.05, 3.63) is 74.0 Å². The molecule has 0 aliphatic rings. The maximum Gasteiger partial charge on any atom is 0.258 e. The molecule has 0 bridgehead atoms. The minimum atomic E-state index is -0.0555. The molecular weight excluding hydrogens is 406 g/mol. The fraction of sp³-hybridized carbons (Fsp3) is 0.292. The summed E-state index contributed by atoms with van der Waals surface area (Å²) in [5.41, 5.74) is 6.42. The van der Waals surface area contributed by atoms with Crippen LogP contribution in [-0.2, 0) is 0 Å². The van der Waals surface area contributed by atoms with E-state index in [4.69, 9.17) is 4.98 Å². The first-order chi connectivity index (χ1) is 14.8. The van der Waals surface area contributed by atoms with Crippen molar-refractivity contribution in [2.24, 2.45) is 0 Å². The van der Waals surface area contributed by atoms with Gasteiger partial charge in [0.1, 0.15) is 5.82 Å². The third-order valence-electron chi connectivity index (χ3n) is 5.28. The van der Waals surface area contributed by atoms with Crippen LogP contribution < -0.4 is 5.56 Å². The molecular formula is C24H25N5OS. The van der Waals surface area contributed by atoms with E-state index in [9.17, 15) is 4.79 Å². The topological polar surface area (TPSA) is 73.6 Å². The highest BCUT2D eigenvalue weighted by molar-refractivity contribution is 7.09. The van der Waals surface area contributed by atoms with Crippen LogP contribution in [0.15, 0.2) is 40.8 Å². The van der Waals surface area contributed by atoms with Gasteiger partial charge in [0, 0.05) is 40.5 Å². The quantitative estimate of drug-likeness (QED) is 0.446. The second kappa shape index (κ2) is 8.15. The molecule has 0 unspecified atom stereocenters. The molecule has 4 rings (SSSR count). The Morgan fingerprint density at radius 3 is 2.45 bits per heavy atom. The Labute approximate surface area is 185 Å². The number of pyridine rings is 2. The van der Waals surface area contributed by atoms with Crippen LogP contribution in [0.4, 0.5) is 0 Å². The number of thiazole rings is 1. The number of aryl methyl sites for hydroxylation is 3. The van der Waals surface area contributed by atoms with Gasteiger partial charge in [-0.1, -0.05) is 13.8 Å². The number of rotatable bonds is 4. The molecule has 0 saturated carbocycles. The molecule has 31 heavy (non-hydrogen) atoms. The van der Waals surface area contributed by atoms with E-state index in [0.29, 0.717) is 5.56 Å². The second-order valence-electron chi connectivity index (χ2n) is 8.03. The molecule has 6 nitrogen and oxygen atoms in total. The summed E-state index contributed by atoms with van der Waals surface area (Å²) in [7, 11) is 0. The Hall–Kier alpha value is -3.19. The normalized spacial score (nSPS) is 11.3. The van der Waals surface area contributed by atoms with Crippen molar-refractivity contribution in [2.75, 3.05) is 0 Å². The van der Waals surface area contributed by atoms with Gasteiger partial charge in [-0.05, 0) is 51.5 Å². The third-order valence-corrected chi connectivity index (χ3v) is 6.05. The maximum absolute atomic E-state index is 13.3. The summed E-state index contributed by atoms with van der Waals surface area (Å²) in [6, 6.07) is 5.79. The monoisotopic (exact) mass is 431 g/mol. The Bertz CT molecular complexity index is 1340. The minimum absolute atomic E-state index is 0.0555. The molecule has 4 aromatic rings. The molecule has 0 spiro atoms. The van der Waals surface area contributed by atoms with Crippen LogP contribution in [0.1, 0.15) is 47.4 Å². The van der Waals surface area contributed by atoms with Gasteiger partial charge in [0.15, 0.2) is 0 Å². The first-order valence-corrected chi connectivity index (χ1v) is 11.1. The highest BCUT2D eigenvalue weighted by atomic mass is 32.1. The lowest BCUT2D eigenvalue weighted by molar-refractivity contribution is 0.772. The predicted molar refractivity (Wildman–Crippen MR) is 125 cm³/mol. The Balaban J connectivity index is 1.85. The number of hydrogen-bond acceptors (Lipinski definition) is 6. The van der Waals surface area contributed by atoms with Crippen LogP contribution in [0.25, 0.3) is 28.3 Å². The second-order valence-corrected chi connectivity index (χ2v) is 9.09. The van der Waals surface area contributed by atoms with Crippen molar-refractivity contribution < 1.29 is 0 Å². The third kappa shape index (κ3) is 3.93. The van der Waals surface area contributed by atoms with Gasteiger partial charge < -0.3 is 0 Å². The van der Waals surface area contributed by atoms with Gasteiger partial charge in [0.05, 0.1) is 27.8 Å². The zero-order valence-electron chi connectivity index (χ0n) is 18.6. The molecule has 4 aromatic heterocycles. The average Bonchev–Trinajstić information content (AvgIpc) is 3.17. The minimum Gasteiger partial charge on any atom is -0.281 e. The van der Waals surface area contributed by atoms with Crippen LogP contribution in [0.2, 0.25) is 0 Å². The van der Waals surface area contributed by atoms with Crippen molar-refractivity contribution in [2.45, 2.75) is 47.5 Å². The summed E-state index contributed by atoms with van der Waals surface area (Å²) in [4.78, 5) is 31.6. The van der Waals surface area contributed by atoms with Crippen LogP contribution in [0.3, 0.4) is 0 Å². The van der Waals surface area contributed by atoms with Gasteiger partial charge in [-0.25, -0.2) is 15.0 Å². The Morgan fingerprint density at radius 2 is 1.77 bits per heavy atom. The summed E-state index contributed by atoms with van der Waals surface area (Å²) in [5, 5.41) is 2.98. The molecule has 0 atom stereocenters. The fourth-order valence-electron chi connectivity index (χ4n) is 3.58. The van der Waals surface area contributed by atoms with Crippen LogP contribution >= 0.6 is 11.3 Å². The number of aromatic nitrogens is 5. The zero-order chi connectivity index (χ0) is 22.3. The van der Waals surface area contributed by atoms with Gasteiger partial charge in [-0.15, -0.1) is 11.3 Å². The van der Waals surface area contributed by atoms with E-state index in [2.05, 4.69) is 28.8 Å². The molecule has 7 heteroatoms. The van der Waals surface area contributed by atoms with E-state index in [1.165, 1.54) is 0 Å². The number of hydrogen-bond donors (Lipinski definition) is 0. The van der Waals surface area contributed by atoms with E-state index in [1.807, 2.05) is 57.5 Å². The molecule has 0 N–H and O–H groups in total. The average molecular weight is 432 g/mol. The Morgan fingerprint density at radius 1 is 1.00 bits per heavy atom. The smallest absolute Gasteiger partial charge is 0.258 e. The largest absolute Gasteiger partial charge is 0.281 e. The van der Waals surface area contributed by atoms with Gasteiger partial charge in [0.25, 0.3) is 5.56 Å². The summed E-state index contributed by atoms with van der Waals surface area (Å²) in [6.07, 6.45) is 3.55. The van der Waals surface area contributed by atoms with Crippen LogP contribution in [0.5, 0.6) is 0 Å². The van der Waals surface area contributed by atoms with Crippen molar-refractivity contribution in [3.8, 4) is 28.3 Å². The lowest BCUT2D eigenvalue weighted by atomic mass is 10.1. The van der Waals surface area contributed by atoms with E-state index < -0.39 is 0 Å². The van der Waals surface area contributed by atoms with Gasteiger partial charge in [0.2, 0.25) is 0 Å². The molecule has 0 aliphatic heterocycles. The van der Waals surface area contributed by atoms with Crippen LogP contribution in [0, 0.1) is 27.7 Å². The summed E-state index contributed by atoms with van der Waals surface area (Å²) >= 11 is 1.58. The van der Waals surface area contributed by atoms with Crippen molar-refractivity contribution >= 4 is 11.3 Å². The van der Waals surface area contributed by atoms with E-state index in [0.717, 1.165) is 50.4 Å². The molecule has 0 amide bonds. The standard InChI is InChI=1S/C24H25N5OS/c1-13(2)23-26-11-14(3)22(28-23)20-10-18(7-8-25-20)29-15(4)9-19(16(5)24(29)30)21-12-31-17(6)27-21/h7-13H,1-6H3. The lowest BCUT2D eigenvalue weighted by Crippen LogP contribution is -2.23. The molecule has 0 aliphatic carbocycles. The van der Waals surface area contributed by atoms with Crippen molar-refractivity contribution in [1.82, 2.24) is 24.5 Å². The molecule has 0 saturated heterocycles. The predicted octanol–water partition coefficient (Wildman–Crippen LogP) is 5.17. The van der Waals surface area contributed by atoms with E-state index in [-0.39, 0.29) is 11.5 Å². The molecule has 4 heterocycles. The lowest BCUT2D eigenvalue weighted by Gasteiger charge is -2.15. The van der Waals surface area contributed by atoms with Crippen LogP contribution in [-0.4, -0.2) is 24.5 Å². The van der Waals surface area contributed by atoms with Crippen molar-refractivity contribution in [3.63, 3.8) is 0 Å². The highest BCUT2D eigenvalue weighted by Crippen LogP contribution is 2.26.